The molecule has 3 rings (SSSR count). The molecule has 1 aliphatic heterocycles. The number of hydrogen-bond acceptors (Lipinski definition) is 4. The number of hydrogen-bond donors (Lipinski definition) is 1. The fourth-order valence-electron chi connectivity index (χ4n) is 2.64. The van der Waals surface area contributed by atoms with Gasteiger partial charge in [-0.3, -0.25) is 4.79 Å². The summed E-state index contributed by atoms with van der Waals surface area (Å²) in [4.78, 5) is 22.6. The fourth-order valence-corrected chi connectivity index (χ4v) is 2.64. The van der Waals surface area contributed by atoms with Gasteiger partial charge in [-0.15, -0.1) is 0 Å². The van der Waals surface area contributed by atoms with Crippen LogP contribution in [0.15, 0.2) is 36.5 Å². The zero-order valence-corrected chi connectivity index (χ0v) is 12.7. The molecule has 0 bridgehead atoms. The lowest BCUT2D eigenvalue weighted by molar-refractivity contribution is -0.131. The summed E-state index contributed by atoms with van der Waals surface area (Å²) in [7, 11) is 0. The van der Waals surface area contributed by atoms with Crippen LogP contribution in [0, 0.1) is 6.92 Å². The first-order valence-electron chi connectivity index (χ1n) is 7.60. The summed E-state index contributed by atoms with van der Waals surface area (Å²) in [5, 5.41) is 3.16. The van der Waals surface area contributed by atoms with Crippen molar-refractivity contribution in [2.75, 3.05) is 11.9 Å². The highest BCUT2D eigenvalue weighted by Crippen LogP contribution is 2.22. The zero-order chi connectivity index (χ0) is 15.4. The van der Waals surface area contributed by atoms with E-state index in [2.05, 4.69) is 27.4 Å². The lowest BCUT2D eigenvalue weighted by atomic mass is 10.1. The van der Waals surface area contributed by atoms with Gasteiger partial charge >= 0.3 is 0 Å². The number of carbonyl (C=O) groups excluding carboxylic acids is 1. The van der Waals surface area contributed by atoms with Crippen LogP contribution in [0.4, 0.5) is 5.95 Å². The lowest BCUT2D eigenvalue weighted by Crippen LogP contribution is -2.25. The molecular formula is C17H20N4O. The van der Waals surface area contributed by atoms with Gasteiger partial charge in [-0.05, 0) is 30.5 Å². The van der Waals surface area contributed by atoms with Crippen molar-refractivity contribution in [2.45, 2.75) is 32.9 Å². The molecule has 1 aliphatic rings. The van der Waals surface area contributed by atoms with Gasteiger partial charge in [-0.2, -0.15) is 0 Å². The number of benzene rings is 1. The molecule has 0 saturated carbocycles. The quantitative estimate of drug-likeness (QED) is 0.861. The summed E-state index contributed by atoms with van der Waals surface area (Å²) in [5.74, 6) is 0.837. The molecule has 1 amide bonds. The van der Waals surface area contributed by atoms with Gasteiger partial charge in [-0.1, -0.05) is 24.3 Å². The molecule has 1 aromatic carbocycles. The molecule has 22 heavy (non-hydrogen) atoms. The van der Waals surface area contributed by atoms with E-state index < -0.39 is 0 Å². The Kier molecular flexibility index (Phi) is 4.32. The fraction of sp³-hybridized carbons (Fsp3) is 0.353. The first kappa shape index (κ1) is 14.5. The summed E-state index contributed by atoms with van der Waals surface area (Å²) in [6.07, 6.45) is 3.06. The second-order valence-corrected chi connectivity index (χ2v) is 5.57. The number of aryl methyl sites for hydroxylation is 1. The summed E-state index contributed by atoms with van der Waals surface area (Å²) < 4.78 is 0. The topological polar surface area (TPSA) is 58.1 Å². The second kappa shape index (κ2) is 6.56. The van der Waals surface area contributed by atoms with Gasteiger partial charge in [-0.25, -0.2) is 9.97 Å². The maximum atomic E-state index is 12.2. The predicted molar refractivity (Wildman–Crippen MR) is 85.2 cm³/mol. The Morgan fingerprint density at radius 3 is 2.64 bits per heavy atom. The molecule has 2 aromatic rings. The molecule has 5 nitrogen and oxygen atoms in total. The van der Waals surface area contributed by atoms with Gasteiger partial charge in [0.05, 0.1) is 0 Å². The van der Waals surface area contributed by atoms with E-state index in [9.17, 15) is 4.79 Å². The predicted octanol–water partition coefficient (Wildman–Crippen LogP) is 2.52. The molecule has 0 saturated heterocycles. The third-order valence-electron chi connectivity index (χ3n) is 3.84. The normalized spacial score (nSPS) is 13.0. The number of carbonyl (C=O) groups is 1. The molecule has 0 unspecified atom stereocenters. The van der Waals surface area contributed by atoms with E-state index in [0.717, 1.165) is 25.2 Å². The van der Waals surface area contributed by atoms with E-state index in [1.165, 1.54) is 11.1 Å². The van der Waals surface area contributed by atoms with E-state index >= 15 is 0 Å². The highest BCUT2D eigenvalue weighted by molar-refractivity contribution is 5.77. The lowest BCUT2D eigenvalue weighted by Gasteiger charge is -2.15. The monoisotopic (exact) mass is 296 g/mol. The van der Waals surface area contributed by atoms with E-state index in [4.69, 9.17) is 0 Å². The van der Waals surface area contributed by atoms with Crippen molar-refractivity contribution in [3.05, 3.63) is 53.3 Å². The highest BCUT2D eigenvalue weighted by Gasteiger charge is 2.22. The Bertz CT molecular complexity index is 646. The van der Waals surface area contributed by atoms with Gasteiger partial charge in [0.25, 0.3) is 0 Å². The third-order valence-corrected chi connectivity index (χ3v) is 3.84. The average molecular weight is 296 g/mol. The molecule has 2 heterocycles. The van der Waals surface area contributed by atoms with Crippen LogP contribution in [0.1, 0.15) is 29.7 Å². The van der Waals surface area contributed by atoms with Crippen molar-refractivity contribution in [3.63, 3.8) is 0 Å². The summed E-state index contributed by atoms with van der Waals surface area (Å²) in [6.45, 7) is 4.12. The minimum absolute atomic E-state index is 0.211. The zero-order valence-electron chi connectivity index (χ0n) is 12.7. The summed E-state index contributed by atoms with van der Waals surface area (Å²) in [5.41, 5.74) is 3.47. The average Bonchev–Trinajstić information content (AvgIpc) is 2.95. The molecule has 0 atom stereocenters. The van der Waals surface area contributed by atoms with Crippen LogP contribution in [0.3, 0.4) is 0 Å². The standard InChI is InChI=1S/C17H20N4O/c1-13-8-10-19-17(20-13)18-9-4-7-16(22)21-11-14-5-2-3-6-15(14)12-21/h2-3,5-6,8,10H,4,7,9,11-12H2,1H3,(H,18,19,20). The Balaban J connectivity index is 1.42. The SMILES string of the molecule is Cc1ccnc(NCCCC(=O)N2Cc3ccccc3C2)n1. The largest absolute Gasteiger partial charge is 0.354 e. The molecule has 1 aromatic heterocycles. The minimum atomic E-state index is 0.211. The van der Waals surface area contributed by atoms with Crippen LogP contribution in [0.25, 0.3) is 0 Å². The Morgan fingerprint density at radius 2 is 1.95 bits per heavy atom. The van der Waals surface area contributed by atoms with Crippen molar-refractivity contribution < 1.29 is 4.79 Å². The van der Waals surface area contributed by atoms with E-state index in [1.807, 2.05) is 30.0 Å². The van der Waals surface area contributed by atoms with Crippen molar-refractivity contribution in [2.24, 2.45) is 0 Å². The van der Waals surface area contributed by atoms with Gasteiger partial charge in [0.15, 0.2) is 0 Å². The number of anilines is 1. The second-order valence-electron chi connectivity index (χ2n) is 5.57. The number of rotatable bonds is 5. The number of nitrogens with one attached hydrogen (secondary N) is 1. The molecule has 0 fully saturated rings. The van der Waals surface area contributed by atoms with Crippen molar-refractivity contribution >= 4 is 11.9 Å². The van der Waals surface area contributed by atoms with Gasteiger partial charge in [0.1, 0.15) is 0 Å². The van der Waals surface area contributed by atoms with Crippen LogP contribution in [-0.4, -0.2) is 27.3 Å². The first-order valence-corrected chi connectivity index (χ1v) is 7.60. The van der Waals surface area contributed by atoms with E-state index in [-0.39, 0.29) is 5.91 Å². The molecule has 0 aliphatic carbocycles. The number of fused-ring (bicyclic) bond motifs is 1. The van der Waals surface area contributed by atoms with Crippen LogP contribution >= 0.6 is 0 Å². The Labute approximate surface area is 130 Å². The van der Waals surface area contributed by atoms with Crippen molar-refractivity contribution in [1.82, 2.24) is 14.9 Å². The third kappa shape index (κ3) is 3.42. The number of nitrogens with zero attached hydrogens (tertiary/aromatic N) is 3. The van der Waals surface area contributed by atoms with Crippen LogP contribution in [-0.2, 0) is 17.9 Å². The molecule has 0 radical (unpaired) electrons. The highest BCUT2D eigenvalue weighted by atomic mass is 16.2. The smallest absolute Gasteiger partial charge is 0.223 e. The van der Waals surface area contributed by atoms with Gasteiger partial charge in [0, 0.05) is 37.9 Å². The Morgan fingerprint density at radius 1 is 1.23 bits per heavy atom. The molecule has 5 heteroatoms. The van der Waals surface area contributed by atoms with Crippen LogP contribution in [0.5, 0.6) is 0 Å². The molecule has 114 valence electrons. The van der Waals surface area contributed by atoms with Crippen molar-refractivity contribution in [3.8, 4) is 0 Å². The van der Waals surface area contributed by atoms with Crippen LogP contribution < -0.4 is 5.32 Å². The maximum Gasteiger partial charge on any atom is 0.223 e. The number of aromatic nitrogens is 2. The Hall–Kier alpha value is -2.43. The minimum Gasteiger partial charge on any atom is -0.354 e. The number of amides is 1. The van der Waals surface area contributed by atoms with E-state index in [0.29, 0.717) is 18.9 Å². The molecular weight excluding hydrogens is 276 g/mol. The maximum absolute atomic E-state index is 12.2. The van der Waals surface area contributed by atoms with Crippen molar-refractivity contribution in [1.29, 1.82) is 0 Å². The van der Waals surface area contributed by atoms with Gasteiger partial charge in [0.2, 0.25) is 11.9 Å². The van der Waals surface area contributed by atoms with E-state index in [1.54, 1.807) is 6.20 Å². The first-order chi connectivity index (χ1) is 10.7. The van der Waals surface area contributed by atoms with Crippen LogP contribution in [0.2, 0.25) is 0 Å². The van der Waals surface area contributed by atoms with Gasteiger partial charge < -0.3 is 10.2 Å². The summed E-state index contributed by atoms with van der Waals surface area (Å²) >= 11 is 0. The summed E-state index contributed by atoms with van der Waals surface area (Å²) in [6, 6.07) is 10.1. The molecule has 1 N–H and O–H groups in total. The molecule has 0 spiro atoms.